The highest BCUT2D eigenvalue weighted by Crippen LogP contribution is 2.72. The number of phosphoric ester groups is 1. The smallest absolute Gasteiger partial charge is 0.388 e. The summed E-state index contributed by atoms with van der Waals surface area (Å²) in [4.78, 5) is 47.3. The number of nitrogens with two attached hydrogens (primary N) is 2. The minimum atomic E-state index is -4.46. The monoisotopic (exact) mass is 742 g/mol. The number of nitrogens with zero attached hydrogens (tertiary/aromatic N) is 7. The van der Waals surface area contributed by atoms with Crippen molar-refractivity contribution in [1.82, 2.24) is 39.0 Å². The van der Waals surface area contributed by atoms with Crippen molar-refractivity contribution < 1.29 is 46.7 Å². The summed E-state index contributed by atoms with van der Waals surface area (Å²) in [5, 5.41) is 11.7. The van der Waals surface area contributed by atoms with Gasteiger partial charge in [-0.3, -0.25) is 27.9 Å². The second-order valence-electron chi connectivity index (χ2n) is 12.1. The van der Waals surface area contributed by atoms with Gasteiger partial charge in [0.1, 0.15) is 42.4 Å². The molecule has 0 radical (unpaired) electrons. The number of aromatic nitrogens is 8. The average Bonchev–Trinajstić information content (AvgIpc) is 3.35. The molecule has 2 saturated carbocycles. The van der Waals surface area contributed by atoms with Gasteiger partial charge in [0.15, 0.2) is 28.9 Å². The lowest BCUT2D eigenvalue weighted by molar-refractivity contribution is -0.0636. The molecule has 1 unspecified atom stereocenters. The average molecular weight is 743 g/mol. The van der Waals surface area contributed by atoms with Crippen LogP contribution in [0.25, 0.3) is 22.3 Å². The molecule has 0 aromatic carbocycles. The zero-order valence-electron chi connectivity index (χ0n) is 25.8. The first-order valence-corrected chi connectivity index (χ1v) is 19.2. The zero-order valence-corrected chi connectivity index (χ0v) is 28.4. The molecule has 4 aromatic rings. The molecule has 21 nitrogen and oxygen atoms in total. The Labute approximate surface area is 281 Å². The van der Waals surface area contributed by atoms with E-state index in [0.717, 1.165) is 0 Å². The third kappa shape index (κ3) is 5.33. The number of phosphoric acid groups is 1. The highest BCUT2D eigenvalue weighted by molar-refractivity contribution is 8.07. The first-order valence-electron chi connectivity index (χ1n) is 15.1. The summed E-state index contributed by atoms with van der Waals surface area (Å²) in [5.74, 6) is -0.356. The van der Waals surface area contributed by atoms with Crippen LogP contribution in [0.4, 0.5) is 11.8 Å². The lowest BCUT2D eigenvalue weighted by Gasteiger charge is -2.32. The molecule has 6 heterocycles. The fraction of sp³-hybridized carbons (Fsp3) is 0.600. The van der Waals surface area contributed by atoms with Crippen LogP contribution in [0, 0.1) is 11.3 Å². The highest BCUT2D eigenvalue weighted by atomic mass is 32.5. The number of aliphatic hydroxyl groups is 1. The fourth-order valence-electron chi connectivity index (χ4n) is 7.30. The number of rotatable bonds is 5. The first-order chi connectivity index (χ1) is 23.4. The van der Waals surface area contributed by atoms with Crippen LogP contribution in [-0.4, -0.2) is 106 Å². The predicted molar refractivity (Wildman–Crippen MR) is 170 cm³/mol. The topological polar surface area (TPSA) is 281 Å². The number of aromatic amines is 1. The van der Waals surface area contributed by atoms with Crippen LogP contribution in [0.2, 0.25) is 0 Å². The van der Waals surface area contributed by atoms with Crippen molar-refractivity contribution in [2.24, 2.45) is 11.3 Å². The molecule has 0 amide bonds. The van der Waals surface area contributed by atoms with E-state index in [9.17, 15) is 19.4 Å². The number of aliphatic hydroxyl groups excluding tert-OH is 1. The maximum absolute atomic E-state index is 14.4. The molecule has 264 valence electrons. The molecule has 4 fully saturated rings. The summed E-state index contributed by atoms with van der Waals surface area (Å²) in [7, 11) is -3.09. The molecule has 8 rings (SSSR count). The SMILES string of the molecule is CCO[P@@]1(=O)OC[C@@]23C[C@@H]2[C@@H](n2cnc4c(N)ncnc42)[C@H](O)[C@@H]3OP(O)(=S)OC[C@H]2O[C@@H](n3cnc4c(=O)[nH]c(N)nc43)[C@H](O1)[C@@H]2OC. The number of hydrogen-bond donors (Lipinski definition) is 5. The maximum atomic E-state index is 14.4. The fourth-order valence-corrected chi connectivity index (χ4v) is 10.2. The molecule has 2 aliphatic heterocycles. The molecular weight excluding hydrogens is 710 g/mol. The van der Waals surface area contributed by atoms with Gasteiger partial charge in [-0.25, -0.2) is 24.5 Å². The third-order valence-electron chi connectivity index (χ3n) is 9.49. The molecule has 1 spiro atoms. The van der Waals surface area contributed by atoms with E-state index < -0.39 is 68.3 Å². The summed E-state index contributed by atoms with van der Waals surface area (Å²) in [6.45, 7) is -3.24. The van der Waals surface area contributed by atoms with Gasteiger partial charge >= 0.3 is 14.5 Å². The Kier molecular flexibility index (Phi) is 7.98. The van der Waals surface area contributed by atoms with Gasteiger partial charge in [0, 0.05) is 12.5 Å². The highest BCUT2D eigenvalue weighted by Gasteiger charge is 2.74. The molecule has 49 heavy (non-hydrogen) atoms. The van der Waals surface area contributed by atoms with Crippen molar-refractivity contribution in [1.29, 1.82) is 0 Å². The van der Waals surface area contributed by atoms with Crippen LogP contribution < -0.4 is 17.0 Å². The summed E-state index contributed by atoms with van der Waals surface area (Å²) in [6, 6.07) is -0.678. The lowest BCUT2D eigenvalue weighted by atomic mass is 10.0. The van der Waals surface area contributed by atoms with Gasteiger partial charge in [-0.2, -0.15) is 4.98 Å². The largest absolute Gasteiger partial charge is 0.475 e. The minimum absolute atomic E-state index is 0.0396. The third-order valence-corrected chi connectivity index (χ3v) is 12.6. The van der Waals surface area contributed by atoms with Gasteiger partial charge in [-0.05, 0) is 31.1 Å². The van der Waals surface area contributed by atoms with Gasteiger partial charge in [-0.15, -0.1) is 0 Å². The molecule has 4 aromatic heterocycles. The number of anilines is 2. The van der Waals surface area contributed by atoms with Crippen LogP contribution in [0.3, 0.4) is 0 Å². The number of fused-ring (bicyclic) bond motifs is 4. The lowest BCUT2D eigenvalue weighted by Crippen LogP contribution is -2.38. The molecule has 11 atom stereocenters. The second kappa shape index (κ2) is 11.8. The van der Waals surface area contributed by atoms with E-state index in [4.69, 9.17) is 55.4 Å². The summed E-state index contributed by atoms with van der Waals surface area (Å²) in [5.41, 5.74) is 11.0. The number of imidazole rings is 2. The molecule has 4 aliphatic rings. The van der Waals surface area contributed by atoms with Gasteiger partial charge in [0.2, 0.25) is 5.95 Å². The van der Waals surface area contributed by atoms with Crippen molar-refractivity contribution in [3.63, 3.8) is 0 Å². The van der Waals surface area contributed by atoms with E-state index in [0.29, 0.717) is 17.6 Å². The van der Waals surface area contributed by atoms with Crippen molar-refractivity contribution in [2.75, 3.05) is 38.4 Å². The van der Waals surface area contributed by atoms with E-state index in [1.54, 1.807) is 11.5 Å². The number of hydrogen-bond acceptors (Lipinski definition) is 18. The summed E-state index contributed by atoms with van der Waals surface area (Å²) >= 11 is 5.44. The van der Waals surface area contributed by atoms with Crippen molar-refractivity contribution in [3.8, 4) is 0 Å². The Morgan fingerprint density at radius 2 is 1.92 bits per heavy atom. The summed E-state index contributed by atoms with van der Waals surface area (Å²) < 4.78 is 59.2. The standard InChI is InChI=1S/C25H32N10O11P2S/c1-3-41-47(38)43-6-25-4-10(25)14(34-8-30-12-19(26)28-7-29-20(12)34)15(36)18(25)46-48(39,49)42-5-11-16(40-2)17(45-47)23(44-11)35-9-31-13-21(35)32-24(27)33-22(13)37/h7-11,14-18,23,36H,3-6H2,1-2H3,(H,39,49)(H2,26,28,29)(H3,27,32,33,37)/t10-,11-,14-,15+,16-,17-,18+,23-,25+,47+,48?/m1/s1. The van der Waals surface area contributed by atoms with E-state index in [-0.39, 0.29) is 48.7 Å². The van der Waals surface area contributed by atoms with Gasteiger partial charge in [0.05, 0.1) is 38.5 Å². The van der Waals surface area contributed by atoms with Gasteiger partial charge in [0.25, 0.3) is 5.56 Å². The number of nitrogens with one attached hydrogen (secondary N) is 1. The number of nitrogen functional groups attached to an aromatic ring is 2. The van der Waals surface area contributed by atoms with E-state index in [2.05, 4.69) is 29.9 Å². The Morgan fingerprint density at radius 3 is 2.69 bits per heavy atom. The molecule has 2 saturated heterocycles. The van der Waals surface area contributed by atoms with Gasteiger partial charge < -0.3 is 44.6 Å². The number of ether oxygens (including phenoxy) is 2. The van der Waals surface area contributed by atoms with Gasteiger partial charge in [-0.1, -0.05) is 0 Å². The normalized spacial score (nSPS) is 39.3. The first kappa shape index (κ1) is 33.2. The zero-order chi connectivity index (χ0) is 34.5. The van der Waals surface area contributed by atoms with E-state index >= 15 is 0 Å². The van der Waals surface area contributed by atoms with E-state index in [1.807, 2.05) is 0 Å². The molecule has 7 N–H and O–H groups in total. The maximum Gasteiger partial charge on any atom is 0.475 e. The van der Waals surface area contributed by atoms with E-state index in [1.165, 1.54) is 30.7 Å². The van der Waals surface area contributed by atoms with Crippen molar-refractivity contribution in [3.05, 3.63) is 29.3 Å². The Hall–Kier alpha value is -2.98. The van der Waals surface area contributed by atoms with Crippen molar-refractivity contribution in [2.45, 2.75) is 56.1 Å². The number of H-pyrrole nitrogens is 1. The van der Waals surface area contributed by atoms with Crippen LogP contribution in [-0.2, 0) is 48.5 Å². The van der Waals surface area contributed by atoms with Crippen molar-refractivity contribution >= 4 is 60.4 Å². The Balaban J connectivity index is 1.18. The second-order valence-corrected chi connectivity index (χ2v) is 16.6. The minimum Gasteiger partial charge on any atom is -0.388 e. The van der Waals surface area contributed by atoms with Crippen LogP contribution >= 0.6 is 14.5 Å². The number of methoxy groups -OCH3 is 1. The predicted octanol–water partition coefficient (Wildman–Crippen LogP) is 0.137. The van der Waals surface area contributed by atoms with Crippen LogP contribution in [0.1, 0.15) is 25.6 Å². The van der Waals surface area contributed by atoms with Crippen LogP contribution in [0.5, 0.6) is 0 Å². The quantitative estimate of drug-likeness (QED) is 0.170. The Morgan fingerprint density at radius 1 is 1.14 bits per heavy atom. The summed E-state index contributed by atoms with van der Waals surface area (Å²) in [6.07, 6.45) is -2.39. The molecule has 24 heteroatoms. The Bertz CT molecular complexity index is 2100. The van der Waals surface area contributed by atoms with Crippen LogP contribution in [0.15, 0.2) is 23.8 Å². The molecular formula is C25H32N10O11P2S. The molecule has 2 aliphatic carbocycles. The molecule has 2 bridgehead atoms.